The number of nitrogens with one attached hydrogen (secondary N) is 1. The van der Waals surface area contributed by atoms with E-state index in [9.17, 15) is 0 Å². The van der Waals surface area contributed by atoms with Gasteiger partial charge in [0.05, 0.1) is 4.87 Å². The second kappa shape index (κ2) is 2.46. The zero-order chi connectivity index (χ0) is 9.10. The molecule has 0 unspecified atom stereocenters. The molecule has 0 aromatic heterocycles. The highest BCUT2D eigenvalue weighted by Crippen LogP contribution is 2.60. The molecular formula is C11H19NS. The van der Waals surface area contributed by atoms with Crippen LogP contribution in [0.3, 0.4) is 0 Å². The van der Waals surface area contributed by atoms with Crippen LogP contribution in [0.25, 0.3) is 0 Å². The summed E-state index contributed by atoms with van der Waals surface area (Å²) >= 11 is 2.23. The van der Waals surface area contributed by atoms with Gasteiger partial charge in [0.25, 0.3) is 0 Å². The summed E-state index contributed by atoms with van der Waals surface area (Å²) in [5, 5.41) is 3.93. The number of rotatable bonds is 2. The van der Waals surface area contributed by atoms with Gasteiger partial charge >= 0.3 is 0 Å². The molecule has 3 aliphatic rings. The summed E-state index contributed by atoms with van der Waals surface area (Å²) in [7, 11) is 0. The fourth-order valence-electron chi connectivity index (χ4n) is 2.70. The van der Waals surface area contributed by atoms with Crippen LogP contribution in [0.5, 0.6) is 0 Å². The van der Waals surface area contributed by atoms with E-state index in [4.69, 9.17) is 0 Å². The van der Waals surface area contributed by atoms with Crippen LogP contribution in [0.2, 0.25) is 0 Å². The van der Waals surface area contributed by atoms with Gasteiger partial charge in [0.1, 0.15) is 0 Å². The molecule has 0 aromatic rings. The van der Waals surface area contributed by atoms with E-state index < -0.39 is 0 Å². The molecule has 0 spiro atoms. The fraction of sp³-hybridized carbons (Fsp3) is 1.00. The van der Waals surface area contributed by atoms with Gasteiger partial charge in [0.2, 0.25) is 0 Å². The molecule has 0 radical (unpaired) electrons. The smallest absolute Gasteiger partial charge is 0.0707 e. The summed E-state index contributed by atoms with van der Waals surface area (Å²) in [4.78, 5) is 0.517. The largest absolute Gasteiger partial charge is 0.296 e. The quantitative estimate of drug-likeness (QED) is 0.730. The first-order valence-electron chi connectivity index (χ1n) is 5.56. The lowest BCUT2D eigenvalue weighted by Crippen LogP contribution is -2.50. The Hall–Kier alpha value is 0.310. The molecule has 0 atom stereocenters. The first-order valence-corrected chi connectivity index (χ1v) is 6.54. The third-order valence-electron chi connectivity index (χ3n) is 3.57. The van der Waals surface area contributed by atoms with Crippen molar-refractivity contribution in [3.8, 4) is 0 Å². The maximum Gasteiger partial charge on any atom is 0.0707 e. The standard InChI is InChI=1S/C11H19NS/c1-10(2)7-13-11(12-10,8-3-4-8)9-5-6-9/h8-9,12H,3-7H2,1-2H3. The minimum atomic E-state index is 0.385. The minimum Gasteiger partial charge on any atom is -0.296 e. The molecule has 1 nitrogen and oxygen atoms in total. The van der Waals surface area contributed by atoms with Crippen LogP contribution in [0.15, 0.2) is 0 Å². The van der Waals surface area contributed by atoms with Gasteiger partial charge in [0, 0.05) is 11.3 Å². The Morgan fingerprint density at radius 1 is 1.08 bits per heavy atom. The first-order chi connectivity index (χ1) is 6.12. The van der Waals surface area contributed by atoms with Gasteiger partial charge in [-0.3, -0.25) is 5.32 Å². The SMILES string of the molecule is CC1(C)CSC(C2CC2)(C2CC2)N1. The first kappa shape index (κ1) is 8.60. The molecule has 0 bridgehead atoms. The van der Waals surface area contributed by atoms with Crippen LogP contribution in [0.4, 0.5) is 0 Å². The number of hydrogen-bond acceptors (Lipinski definition) is 2. The molecule has 2 heteroatoms. The van der Waals surface area contributed by atoms with E-state index in [0.29, 0.717) is 10.4 Å². The third-order valence-corrected chi connectivity index (χ3v) is 5.69. The molecule has 0 aromatic carbocycles. The maximum atomic E-state index is 3.93. The van der Waals surface area contributed by atoms with Crippen molar-refractivity contribution in [1.82, 2.24) is 5.32 Å². The van der Waals surface area contributed by atoms with E-state index in [0.717, 1.165) is 11.8 Å². The second-order valence-electron chi connectivity index (χ2n) is 5.64. The maximum absolute atomic E-state index is 3.93. The summed E-state index contributed by atoms with van der Waals surface area (Å²) < 4.78 is 0. The van der Waals surface area contributed by atoms with Crippen molar-refractivity contribution in [2.75, 3.05) is 5.75 Å². The van der Waals surface area contributed by atoms with Crippen LogP contribution >= 0.6 is 11.8 Å². The molecule has 1 aliphatic heterocycles. The van der Waals surface area contributed by atoms with Crippen molar-refractivity contribution in [3.63, 3.8) is 0 Å². The number of thioether (sulfide) groups is 1. The highest BCUT2D eigenvalue weighted by atomic mass is 32.2. The summed E-state index contributed by atoms with van der Waals surface area (Å²) in [6.07, 6.45) is 5.92. The summed E-state index contributed by atoms with van der Waals surface area (Å²) in [6.45, 7) is 4.71. The minimum absolute atomic E-state index is 0.385. The normalized spacial score (nSPS) is 36.5. The summed E-state index contributed by atoms with van der Waals surface area (Å²) in [5.74, 6) is 3.32. The van der Waals surface area contributed by atoms with Gasteiger partial charge in [-0.05, 0) is 51.4 Å². The molecule has 74 valence electrons. The monoisotopic (exact) mass is 197 g/mol. The molecule has 2 aliphatic carbocycles. The van der Waals surface area contributed by atoms with Crippen molar-refractivity contribution in [1.29, 1.82) is 0 Å². The van der Waals surface area contributed by atoms with Crippen molar-refractivity contribution in [2.45, 2.75) is 49.9 Å². The molecule has 13 heavy (non-hydrogen) atoms. The molecule has 3 fully saturated rings. The Labute approximate surface area is 85.0 Å². The molecule has 3 rings (SSSR count). The Morgan fingerprint density at radius 3 is 1.92 bits per heavy atom. The van der Waals surface area contributed by atoms with E-state index >= 15 is 0 Å². The fourth-order valence-corrected chi connectivity index (χ4v) is 4.66. The lowest BCUT2D eigenvalue weighted by atomic mass is 10.0. The zero-order valence-electron chi connectivity index (χ0n) is 8.60. The molecular weight excluding hydrogens is 178 g/mol. The van der Waals surface area contributed by atoms with E-state index in [-0.39, 0.29) is 0 Å². The molecule has 0 amide bonds. The summed E-state index contributed by atoms with van der Waals surface area (Å²) in [5.41, 5.74) is 0.385. The Bertz CT molecular complexity index is 216. The lowest BCUT2D eigenvalue weighted by molar-refractivity contribution is 0.307. The molecule has 1 heterocycles. The average molecular weight is 197 g/mol. The van der Waals surface area contributed by atoms with Gasteiger partial charge in [0.15, 0.2) is 0 Å². The Kier molecular flexibility index (Phi) is 1.63. The van der Waals surface area contributed by atoms with Gasteiger partial charge < -0.3 is 0 Å². The molecule has 1 N–H and O–H groups in total. The van der Waals surface area contributed by atoms with E-state index in [1.54, 1.807) is 0 Å². The van der Waals surface area contributed by atoms with Crippen LogP contribution in [0, 0.1) is 11.8 Å². The molecule has 1 saturated heterocycles. The zero-order valence-corrected chi connectivity index (χ0v) is 9.41. The van der Waals surface area contributed by atoms with Crippen LogP contribution in [-0.2, 0) is 0 Å². The lowest BCUT2D eigenvalue weighted by Gasteiger charge is -2.32. The summed E-state index contributed by atoms with van der Waals surface area (Å²) in [6, 6.07) is 0. The van der Waals surface area contributed by atoms with Crippen LogP contribution in [0.1, 0.15) is 39.5 Å². The predicted molar refractivity (Wildman–Crippen MR) is 57.9 cm³/mol. The van der Waals surface area contributed by atoms with Gasteiger partial charge in [-0.1, -0.05) is 0 Å². The molecule has 2 saturated carbocycles. The topological polar surface area (TPSA) is 12.0 Å². The van der Waals surface area contributed by atoms with Crippen molar-refractivity contribution >= 4 is 11.8 Å². The van der Waals surface area contributed by atoms with Crippen LogP contribution in [-0.4, -0.2) is 16.2 Å². The average Bonchev–Trinajstić information content (AvgIpc) is 2.90. The van der Waals surface area contributed by atoms with Crippen LogP contribution < -0.4 is 5.32 Å². The van der Waals surface area contributed by atoms with E-state index in [1.165, 1.54) is 31.4 Å². The van der Waals surface area contributed by atoms with Crippen molar-refractivity contribution < 1.29 is 0 Å². The van der Waals surface area contributed by atoms with E-state index in [1.807, 2.05) is 0 Å². The van der Waals surface area contributed by atoms with Gasteiger partial charge in [-0.2, -0.15) is 0 Å². The second-order valence-corrected chi connectivity index (χ2v) is 6.89. The highest BCUT2D eigenvalue weighted by molar-refractivity contribution is 8.01. The van der Waals surface area contributed by atoms with Crippen molar-refractivity contribution in [3.05, 3.63) is 0 Å². The van der Waals surface area contributed by atoms with Gasteiger partial charge in [-0.25, -0.2) is 0 Å². The Balaban J connectivity index is 1.84. The van der Waals surface area contributed by atoms with E-state index in [2.05, 4.69) is 30.9 Å². The van der Waals surface area contributed by atoms with Gasteiger partial charge in [-0.15, -0.1) is 11.8 Å². The van der Waals surface area contributed by atoms with Crippen molar-refractivity contribution in [2.24, 2.45) is 11.8 Å². The Morgan fingerprint density at radius 2 is 1.62 bits per heavy atom. The third kappa shape index (κ3) is 1.33. The predicted octanol–water partition coefficient (Wildman–Crippen LogP) is 2.62. The number of hydrogen-bond donors (Lipinski definition) is 1. The highest BCUT2D eigenvalue weighted by Gasteiger charge is 2.59.